The Kier molecular flexibility index (Phi) is 9.70. The van der Waals surface area contributed by atoms with E-state index in [0.717, 1.165) is 0 Å². The molecule has 3 aromatic rings. The van der Waals surface area contributed by atoms with Gasteiger partial charge in [0.05, 0.1) is 23.3 Å². The third kappa shape index (κ3) is 7.22. The maximum absolute atomic E-state index is 12.8. The molecule has 188 valence electrons. The minimum absolute atomic E-state index is 0.127. The summed E-state index contributed by atoms with van der Waals surface area (Å²) in [7, 11) is 0. The predicted octanol–water partition coefficient (Wildman–Crippen LogP) is 2.01. The van der Waals surface area contributed by atoms with Crippen molar-refractivity contribution in [1.82, 2.24) is 0 Å². The predicted molar refractivity (Wildman–Crippen MR) is 127 cm³/mol. The summed E-state index contributed by atoms with van der Waals surface area (Å²) in [5.41, 5.74) is 0.504. The number of ether oxygens (including phenoxy) is 3. The van der Waals surface area contributed by atoms with E-state index in [9.17, 15) is 29.7 Å². The smallest absolute Gasteiger partial charge is 0.338 e. The van der Waals surface area contributed by atoms with Gasteiger partial charge in [0, 0.05) is 0 Å². The van der Waals surface area contributed by atoms with Crippen LogP contribution in [0.1, 0.15) is 31.1 Å². The van der Waals surface area contributed by atoms with E-state index in [1.54, 1.807) is 54.6 Å². The summed E-state index contributed by atoms with van der Waals surface area (Å²) in [6.45, 7) is -1.49. The lowest BCUT2D eigenvalue weighted by Gasteiger charge is -2.31. The summed E-state index contributed by atoms with van der Waals surface area (Å²) in [6, 6.07) is 23.7. The van der Waals surface area contributed by atoms with Crippen molar-refractivity contribution in [1.29, 1.82) is 0 Å². The molecule has 3 N–H and O–H groups in total. The molecule has 0 aliphatic rings. The van der Waals surface area contributed by atoms with E-state index in [-0.39, 0.29) is 16.7 Å². The van der Waals surface area contributed by atoms with Crippen LogP contribution in [-0.2, 0) is 14.2 Å². The highest BCUT2D eigenvalue weighted by Gasteiger charge is 2.39. The number of rotatable bonds is 11. The molecule has 0 aromatic heterocycles. The van der Waals surface area contributed by atoms with Crippen molar-refractivity contribution in [2.45, 2.75) is 24.4 Å². The summed E-state index contributed by atoms with van der Waals surface area (Å²) in [5.74, 6) is -2.48. The topological polar surface area (TPSA) is 140 Å². The molecule has 9 nitrogen and oxygen atoms in total. The van der Waals surface area contributed by atoms with Crippen molar-refractivity contribution in [3.05, 3.63) is 108 Å². The van der Waals surface area contributed by atoms with Gasteiger partial charge in [0.15, 0.2) is 12.2 Å². The SMILES string of the molecule is O=C(OC[C@H](OC(=O)c1ccccc1)[C@H](OC(=O)c1ccccc1)[C@H](O)[C@H](O)CO)c1ccccc1. The molecule has 0 bridgehead atoms. The summed E-state index contributed by atoms with van der Waals surface area (Å²) >= 11 is 0. The van der Waals surface area contributed by atoms with Gasteiger partial charge in [-0.1, -0.05) is 54.6 Å². The fourth-order valence-corrected chi connectivity index (χ4v) is 3.25. The van der Waals surface area contributed by atoms with Gasteiger partial charge in [0.1, 0.15) is 18.8 Å². The molecule has 0 saturated heterocycles. The van der Waals surface area contributed by atoms with Crippen LogP contribution in [0.15, 0.2) is 91.0 Å². The van der Waals surface area contributed by atoms with Crippen LogP contribution in [0.2, 0.25) is 0 Å². The Morgan fingerprint density at radius 3 is 1.50 bits per heavy atom. The molecule has 0 saturated carbocycles. The number of carbonyl (C=O) groups excluding carboxylic acids is 3. The number of aliphatic hydroxyl groups is 3. The number of hydrogen-bond acceptors (Lipinski definition) is 9. The van der Waals surface area contributed by atoms with Gasteiger partial charge in [-0.05, 0) is 36.4 Å². The highest BCUT2D eigenvalue weighted by Crippen LogP contribution is 2.18. The first-order valence-electron chi connectivity index (χ1n) is 11.1. The Balaban J connectivity index is 1.89. The maximum Gasteiger partial charge on any atom is 0.338 e. The third-order valence-electron chi connectivity index (χ3n) is 5.19. The Morgan fingerprint density at radius 1 is 0.639 bits per heavy atom. The van der Waals surface area contributed by atoms with Crippen molar-refractivity contribution in [2.24, 2.45) is 0 Å². The van der Waals surface area contributed by atoms with Gasteiger partial charge in [0.25, 0.3) is 0 Å². The lowest BCUT2D eigenvalue weighted by Crippen LogP contribution is -2.51. The zero-order chi connectivity index (χ0) is 25.9. The molecule has 0 aliphatic carbocycles. The number of esters is 3. The summed E-state index contributed by atoms with van der Waals surface area (Å²) in [4.78, 5) is 38.1. The molecule has 9 heteroatoms. The van der Waals surface area contributed by atoms with Crippen LogP contribution < -0.4 is 0 Å². The first-order chi connectivity index (χ1) is 17.4. The van der Waals surface area contributed by atoms with E-state index in [4.69, 9.17) is 14.2 Å². The van der Waals surface area contributed by atoms with Crippen molar-refractivity contribution in [3.63, 3.8) is 0 Å². The van der Waals surface area contributed by atoms with Gasteiger partial charge in [0.2, 0.25) is 0 Å². The van der Waals surface area contributed by atoms with Crippen LogP contribution in [0.4, 0.5) is 0 Å². The van der Waals surface area contributed by atoms with Gasteiger partial charge < -0.3 is 29.5 Å². The molecule has 0 fully saturated rings. The van der Waals surface area contributed by atoms with Crippen LogP contribution in [0, 0.1) is 0 Å². The number of aliphatic hydroxyl groups excluding tert-OH is 3. The molecule has 0 amide bonds. The van der Waals surface area contributed by atoms with E-state index in [0.29, 0.717) is 0 Å². The molecule has 3 aromatic carbocycles. The highest BCUT2D eigenvalue weighted by atomic mass is 16.6. The van der Waals surface area contributed by atoms with E-state index < -0.39 is 55.5 Å². The first-order valence-corrected chi connectivity index (χ1v) is 11.1. The highest BCUT2D eigenvalue weighted by molar-refractivity contribution is 5.91. The third-order valence-corrected chi connectivity index (χ3v) is 5.19. The Morgan fingerprint density at radius 2 is 1.06 bits per heavy atom. The lowest BCUT2D eigenvalue weighted by molar-refractivity contribution is -0.132. The fraction of sp³-hybridized carbons (Fsp3) is 0.222. The molecule has 0 unspecified atom stereocenters. The molecule has 36 heavy (non-hydrogen) atoms. The monoisotopic (exact) mass is 494 g/mol. The van der Waals surface area contributed by atoms with Gasteiger partial charge in [-0.3, -0.25) is 0 Å². The van der Waals surface area contributed by atoms with Gasteiger partial charge in [-0.15, -0.1) is 0 Å². The Hall–Kier alpha value is -4.05. The summed E-state index contributed by atoms with van der Waals surface area (Å²) in [5, 5.41) is 30.2. The standard InChI is InChI=1S/C27H26O9/c28-16-21(29)23(30)24(36-27(33)20-14-8-3-9-15-20)22(35-26(32)19-12-6-2-7-13-19)17-34-25(31)18-10-4-1-5-11-18/h1-15,21-24,28-30H,16-17H2/t21-,22+,23-,24+/m1/s1. The van der Waals surface area contributed by atoms with Crippen molar-refractivity contribution < 1.29 is 43.9 Å². The van der Waals surface area contributed by atoms with Crippen molar-refractivity contribution in [2.75, 3.05) is 13.2 Å². The molecule has 0 spiro atoms. The number of hydrogen-bond donors (Lipinski definition) is 3. The number of carbonyl (C=O) groups is 3. The Labute approximate surface area is 207 Å². The normalized spacial score (nSPS) is 14.1. The van der Waals surface area contributed by atoms with Crippen molar-refractivity contribution >= 4 is 17.9 Å². The minimum atomic E-state index is -1.88. The van der Waals surface area contributed by atoms with Gasteiger partial charge in [-0.25, -0.2) is 14.4 Å². The molecule has 0 aliphatic heterocycles. The number of benzene rings is 3. The van der Waals surface area contributed by atoms with E-state index in [2.05, 4.69) is 0 Å². The average Bonchev–Trinajstić information content (AvgIpc) is 2.94. The van der Waals surface area contributed by atoms with Crippen LogP contribution in [0.25, 0.3) is 0 Å². The zero-order valence-corrected chi connectivity index (χ0v) is 19.2. The van der Waals surface area contributed by atoms with E-state index in [1.807, 2.05) is 0 Å². The summed E-state index contributed by atoms with van der Waals surface area (Å²) in [6.07, 6.45) is -6.86. The molecule has 0 radical (unpaired) electrons. The second-order valence-electron chi connectivity index (χ2n) is 7.75. The van der Waals surface area contributed by atoms with E-state index in [1.165, 1.54) is 36.4 Å². The molecular weight excluding hydrogens is 468 g/mol. The van der Waals surface area contributed by atoms with Crippen LogP contribution in [0.3, 0.4) is 0 Å². The van der Waals surface area contributed by atoms with E-state index >= 15 is 0 Å². The second kappa shape index (κ2) is 13.1. The Bertz CT molecular complexity index is 1120. The average molecular weight is 494 g/mol. The summed E-state index contributed by atoms with van der Waals surface area (Å²) < 4.78 is 16.2. The first kappa shape index (κ1) is 26.6. The molecule has 3 rings (SSSR count). The largest absolute Gasteiger partial charge is 0.458 e. The maximum atomic E-state index is 12.8. The minimum Gasteiger partial charge on any atom is -0.458 e. The lowest BCUT2D eigenvalue weighted by atomic mass is 10.0. The molecular formula is C27H26O9. The second-order valence-corrected chi connectivity index (χ2v) is 7.75. The van der Waals surface area contributed by atoms with Gasteiger partial charge >= 0.3 is 17.9 Å². The quantitative estimate of drug-likeness (QED) is 0.270. The zero-order valence-electron chi connectivity index (χ0n) is 19.2. The fourth-order valence-electron chi connectivity index (χ4n) is 3.25. The van der Waals surface area contributed by atoms with Crippen LogP contribution in [-0.4, -0.2) is 70.9 Å². The molecule has 0 heterocycles. The van der Waals surface area contributed by atoms with Gasteiger partial charge in [-0.2, -0.15) is 0 Å². The molecule has 4 atom stereocenters. The van der Waals surface area contributed by atoms with Crippen LogP contribution >= 0.6 is 0 Å². The van der Waals surface area contributed by atoms with Crippen molar-refractivity contribution in [3.8, 4) is 0 Å². The van der Waals surface area contributed by atoms with Crippen LogP contribution in [0.5, 0.6) is 0 Å².